The first-order valence-corrected chi connectivity index (χ1v) is 5.06. The molecule has 0 aliphatic rings. The van der Waals surface area contributed by atoms with Gasteiger partial charge in [-0.15, -0.1) is 0 Å². The number of rotatable bonds is 5. The van der Waals surface area contributed by atoms with Crippen LogP contribution in [0.3, 0.4) is 0 Å². The third-order valence-electron chi connectivity index (χ3n) is 2.21. The number of aliphatic hydroxyl groups excluding tert-OH is 1. The monoisotopic (exact) mass is 244 g/mol. The maximum atomic E-state index is 10.9. The minimum absolute atomic E-state index is 0.0315. The van der Waals surface area contributed by atoms with Crippen molar-refractivity contribution >= 4 is 17.9 Å². The lowest BCUT2D eigenvalue weighted by molar-refractivity contribution is 0.112. The zero-order valence-corrected chi connectivity index (χ0v) is 9.87. The molecule has 1 aromatic carbocycles. The summed E-state index contributed by atoms with van der Waals surface area (Å²) in [6.07, 6.45) is 1.00. The van der Waals surface area contributed by atoms with Crippen molar-refractivity contribution in [2.24, 2.45) is 0 Å². The van der Waals surface area contributed by atoms with Crippen LogP contribution in [-0.2, 0) is 6.42 Å². The number of halogens is 1. The van der Waals surface area contributed by atoms with E-state index in [9.17, 15) is 4.79 Å². The average molecular weight is 245 g/mol. The highest BCUT2D eigenvalue weighted by Crippen LogP contribution is 2.38. The Kier molecular flexibility index (Phi) is 4.58. The fourth-order valence-electron chi connectivity index (χ4n) is 1.52. The Morgan fingerprint density at radius 3 is 2.44 bits per heavy atom. The molecular formula is C11H13ClO4. The average Bonchev–Trinajstić information content (AvgIpc) is 2.28. The molecule has 4 nitrogen and oxygen atoms in total. The van der Waals surface area contributed by atoms with Gasteiger partial charge < -0.3 is 14.6 Å². The number of carbonyl (C=O) groups is 1. The van der Waals surface area contributed by atoms with Crippen LogP contribution in [0.15, 0.2) is 6.07 Å². The fraction of sp³-hybridized carbons (Fsp3) is 0.364. The summed E-state index contributed by atoms with van der Waals surface area (Å²) in [4.78, 5) is 10.9. The molecule has 0 fully saturated rings. The Labute approximate surface area is 98.7 Å². The van der Waals surface area contributed by atoms with Crippen LogP contribution in [0.2, 0.25) is 5.02 Å². The van der Waals surface area contributed by atoms with Crippen molar-refractivity contribution in [3.05, 3.63) is 22.2 Å². The first-order chi connectivity index (χ1) is 7.69. The zero-order chi connectivity index (χ0) is 12.1. The Morgan fingerprint density at radius 2 is 2.00 bits per heavy atom. The second-order valence-corrected chi connectivity index (χ2v) is 3.50. The van der Waals surface area contributed by atoms with Crippen LogP contribution in [0.4, 0.5) is 0 Å². The van der Waals surface area contributed by atoms with Crippen LogP contribution < -0.4 is 9.47 Å². The van der Waals surface area contributed by atoms with Crippen LogP contribution in [0.25, 0.3) is 0 Å². The first-order valence-electron chi connectivity index (χ1n) is 4.69. The van der Waals surface area contributed by atoms with E-state index in [1.54, 1.807) is 6.07 Å². The molecule has 0 spiro atoms. The van der Waals surface area contributed by atoms with Crippen LogP contribution in [0, 0.1) is 0 Å². The lowest BCUT2D eigenvalue weighted by atomic mass is 10.1. The van der Waals surface area contributed by atoms with Crippen LogP contribution >= 0.6 is 11.6 Å². The lowest BCUT2D eigenvalue weighted by Gasteiger charge is -2.15. The van der Waals surface area contributed by atoms with E-state index in [1.807, 2.05) is 0 Å². The molecule has 1 N–H and O–H groups in total. The van der Waals surface area contributed by atoms with Gasteiger partial charge in [-0.2, -0.15) is 0 Å². The summed E-state index contributed by atoms with van der Waals surface area (Å²) in [6, 6.07) is 1.60. The van der Waals surface area contributed by atoms with E-state index in [4.69, 9.17) is 26.2 Å². The predicted molar refractivity (Wildman–Crippen MR) is 60.7 cm³/mol. The summed E-state index contributed by atoms with van der Waals surface area (Å²) in [5.41, 5.74) is 0.958. The second-order valence-electron chi connectivity index (χ2n) is 3.09. The van der Waals surface area contributed by atoms with Gasteiger partial charge in [0.1, 0.15) is 0 Å². The zero-order valence-electron chi connectivity index (χ0n) is 9.12. The molecule has 0 aromatic heterocycles. The SMILES string of the molecule is COc1c(CCO)cc(Cl)c(C=O)c1OC. The number of ether oxygens (including phenoxy) is 2. The summed E-state index contributed by atoms with van der Waals surface area (Å²) in [5, 5.41) is 9.20. The number of aliphatic hydroxyl groups is 1. The Balaban J connectivity index is 3.43. The molecule has 16 heavy (non-hydrogen) atoms. The normalized spacial score (nSPS) is 10.0. The number of hydrogen-bond acceptors (Lipinski definition) is 4. The molecule has 0 saturated carbocycles. The van der Waals surface area contributed by atoms with Crippen molar-refractivity contribution in [2.45, 2.75) is 6.42 Å². The van der Waals surface area contributed by atoms with Gasteiger partial charge in [-0.25, -0.2) is 0 Å². The third-order valence-corrected chi connectivity index (χ3v) is 2.52. The third kappa shape index (κ3) is 2.28. The highest BCUT2D eigenvalue weighted by molar-refractivity contribution is 6.33. The van der Waals surface area contributed by atoms with E-state index in [1.165, 1.54) is 14.2 Å². The Hall–Kier alpha value is -1.26. The Bertz CT molecular complexity index is 390. The van der Waals surface area contributed by atoms with Crippen LogP contribution in [0.1, 0.15) is 15.9 Å². The maximum Gasteiger partial charge on any atom is 0.173 e. The quantitative estimate of drug-likeness (QED) is 0.801. The van der Waals surface area contributed by atoms with Gasteiger partial charge in [0.2, 0.25) is 0 Å². The minimum Gasteiger partial charge on any atom is -0.493 e. The molecule has 0 aliphatic heterocycles. The van der Waals surface area contributed by atoms with Gasteiger partial charge in [0, 0.05) is 12.2 Å². The predicted octanol–water partition coefficient (Wildman–Crippen LogP) is 1.70. The number of carbonyl (C=O) groups excluding carboxylic acids is 1. The van der Waals surface area contributed by atoms with E-state index in [0.717, 1.165) is 0 Å². The molecule has 1 aromatic rings. The molecule has 1 rings (SSSR count). The molecule has 0 heterocycles. The highest BCUT2D eigenvalue weighted by atomic mass is 35.5. The van der Waals surface area contributed by atoms with Crippen LogP contribution in [-0.4, -0.2) is 32.2 Å². The van der Waals surface area contributed by atoms with Crippen molar-refractivity contribution in [1.82, 2.24) is 0 Å². The van der Waals surface area contributed by atoms with Crippen molar-refractivity contribution in [2.75, 3.05) is 20.8 Å². The van der Waals surface area contributed by atoms with Crippen molar-refractivity contribution in [3.63, 3.8) is 0 Å². The molecule has 0 saturated heterocycles. The van der Waals surface area contributed by atoms with E-state index in [2.05, 4.69) is 0 Å². The molecule has 0 unspecified atom stereocenters. The van der Waals surface area contributed by atoms with E-state index in [0.29, 0.717) is 29.8 Å². The summed E-state index contributed by atoms with van der Waals surface area (Å²) < 4.78 is 10.3. The largest absolute Gasteiger partial charge is 0.493 e. The van der Waals surface area contributed by atoms with E-state index in [-0.39, 0.29) is 17.2 Å². The number of aldehydes is 1. The molecule has 5 heteroatoms. The molecule has 0 aliphatic carbocycles. The molecular weight excluding hydrogens is 232 g/mol. The van der Waals surface area contributed by atoms with Gasteiger partial charge in [0.25, 0.3) is 0 Å². The molecule has 0 radical (unpaired) electrons. The van der Waals surface area contributed by atoms with Crippen molar-refractivity contribution < 1.29 is 19.4 Å². The van der Waals surface area contributed by atoms with Gasteiger partial charge in [0.15, 0.2) is 17.8 Å². The van der Waals surface area contributed by atoms with Gasteiger partial charge in [-0.1, -0.05) is 11.6 Å². The topological polar surface area (TPSA) is 55.8 Å². The molecule has 0 atom stereocenters. The van der Waals surface area contributed by atoms with Crippen molar-refractivity contribution in [1.29, 1.82) is 0 Å². The fourth-order valence-corrected chi connectivity index (χ4v) is 1.78. The number of methoxy groups -OCH3 is 2. The highest BCUT2D eigenvalue weighted by Gasteiger charge is 2.18. The minimum atomic E-state index is -0.0315. The smallest absolute Gasteiger partial charge is 0.173 e. The van der Waals surface area contributed by atoms with Gasteiger partial charge in [0.05, 0.1) is 24.8 Å². The standard InChI is InChI=1S/C11H13ClO4/c1-15-10-7(3-4-13)5-9(12)8(6-14)11(10)16-2/h5-6,13H,3-4H2,1-2H3. The summed E-state index contributed by atoms with van der Waals surface area (Å²) >= 11 is 5.93. The van der Waals surface area contributed by atoms with Crippen molar-refractivity contribution in [3.8, 4) is 11.5 Å². The van der Waals surface area contributed by atoms with Gasteiger partial charge in [-0.3, -0.25) is 4.79 Å². The maximum absolute atomic E-state index is 10.9. The van der Waals surface area contributed by atoms with E-state index < -0.39 is 0 Å². The Morgan fingerprint density at radius 1 is 1.38 bits per heavy atom. The second kappa shape index (κ2) is 5.72. The molecule has 0 bridgehead atoms. The number of hydrogen-bond donors (Lipinski definition) is 1. The summed E-state index contributed by atoms with van der Waals surface area (Å²) in [7, 11) is 2.91. The summed E-state index contributed by atoms with van der Waals surface area (Å²) in [6.45, 7) is -0.0315. The van der Waals surface area contributed by atoms with Gasteiger partial charge >= 0.3 is 0 Å². The van der Waals surface area contributed by atoms with E-state index >= 15 is 0 Å². The van der Waals surface area contributed by atoms with Gasteiger partial charge in [-0.05, 0) is 12.5 Å². The molecule has 0 amide bonds. The summed E-state index contributed by atoms with van der Waals surface area (Å²) in [5.74, 6) is 0.733. The van der Waals surface area contributed by atoms with Crippen LogP contribution in [0.5, 0.6) is 11.5 Å². The lowest BCUT2D eigenvalue weighted by Crippen LogP contribution is -2.02. The molecule has 88 valence electrons. The number of benzene rings is 1. The first kappa shape index (κ1) is 12.8.